The average molecular weight is 383 g/mol. The molecular weight excluding hydrogens is 373 g/mol. The molecule has 1 amide bonds. The van der Waals surface area contributed by atoms with Crippen LogP contribution in [0.5, 0.6) is 0 Å². The molecule has 0 unspecified atom stereocenters. The van der Waals surface area contributed by atoms with E-state index in [2.05, 4.69) is 10.4 Å². The van der Waals surface area contributed by atoms with Crippen molar-refractivity contribution in [3.05, 3.63) is 67.9 Å². The number of aromatic nitrogens is 2. The van der Waals surface area contributed by atoms with E-state index >= 15 is 0 Å². The van der Waals surface area contributed by atoms with E-state index in [9.17, 15) is 9.59 Å². The highest BCUT2D eigenvalue weighted by molar-refractivity contribution is 6.42. The Hall–Kier alpha value is -2.08. The van der Waals surface area contributed by atoms with Gasteiger partial charge in [-0.15, -0.1) is 0 Å². The fourth-order valence-electron chi connectivity index (χ4n) is 2.26. The van der Waals surface area contributed by atoms with E-state index in [1.807, 2.05) is 0 Å². The number of fused-ring (bicyclic) bond motifs is 1. The van der Waals surface area contributed by atoms with Gasteiger partial charge in [0.2, 0.25) is 11.3 Å². The second kappa shape index (κ2) is 6.81. The zero-order valence-electron chi connectivity index (χ0n) is 12.1. The number of carbonyl (C=O) groups is 1. The molecule has 0 atom stereocenters. The van der Waals surface area contributed by atoms with Gasteiger partial charge in [-0.1, -0.05) is 46.9 Å². The van der Waals surface area contributed by atoms with E-state index in [4.69, 9.17) is 34.8 Å². The van der Waals surface area contributed by atoms with Gasteiger partial charge in [0.25, 0.3) is 0 Å². The second-order valence-corrected chi connectivity index (χ2v) is 6.23. The molecule has 3 aromatic rings. The molecule has 8 heteroatoms. The number of benzene rings is 2. The number of nitrogens with zero attached hydrogens (tertiary/aromatic N) is 2. The number of amides is 1. The van der Waals surface area contributed by atoms with Crippen molar-refractivity contribution in [2.45, 2.75) is 6.54 Å². The van der Waals surface area contributed by atoms with E-state index < -0.39 is 0 Å². The standard InChI is InChI=1S/C16H10Cl3N3O2/c17-9-5-11(18)16(12(19)6-9)21-15(24)8-22-13-4-2-1-3-10(13)14(23)7-20-22/h1-7H,8H2,(H,21,24). The van der Waals surface area contributed by atoms with Crippen molar-refractivity contribution in [3.63, 3.8) is 0 Å². The van der Waals surface area contributed by atoms with Crippen LogP contribution in [0.2, 0.25) is 15.1 Å². The van der Waals surface area contributed by atoms with Gasteiger partial charge in [-0.25, -0.2) is 0 Å². The number of anilines is 1. The first-order chi connectivity index (χ1) is 11.5. The van der Waals surface area contributed by atoms with Crippen molar-refractivity contribution in [2.24, 2.45) is 0 Å². The van der Waals surface area contributed by atoms with Crippen LogP contribution in [-0.4, -0.2) is 15.7 Å². The lowest BCUT2D eigenvalue weighted by Crippen LogP contribution is -2.22. The minimum Gasteiger partial charge on any atom is -0.322 e. The summed E-state index contributed by atoms with van der Waals surface area (Å²) in [5.74, 6) is -0.387. The third kappa shape index (κ3) is 3.38. The number of rotatable bonds is 3. The number of nitrogens with one attached hydrogen (secondary N) is 1. The van der Waals surface area contributed by atoms with E-state index in [0.29, 0.717) is 15.9 Å². The lowest BCUT2D eigenvalue weighted by Gasteiger charge is -2.12. The van der Waals surface area contributed by atoms with Gasteiger partial charge in [-0.3, -0.25) is 14.3 Å². The van der Waals surface area contributed by atoms with Crippen molar-refractivity contribution in [3.8, 4) is 0 Å². The summed E-state index contributed by atoms with van der Waals surface area (Å²) in [5, 5.41) is 7.97. The summed E-state index contributed by atoms with van der Waals surface area (Å²) >= 11 is 17.9. The molecule has 1 heterocycles. The predicted molar refractivity (Wildman–Crippen MR) is 96.1 cm³/mol. The Balaban J connectivity index is 1.89. The summed E-state index contributed by atoms with van der Waals surface area (Å²) in [7, 11) is 0. The molecule has 1 aromatic heterocycles. The fourth-order valence-corrected chi connectivity index (χ4v) is 3.18. The summed E-state index contributed by atoms with van der Waals surface area (Å²) in [6.45, 7) is -0.101. The second-order valence-electron chi connectivity index (χ2n) is 4.98. The molecule has 0 bridgehead atoms. The van der Waals surface area contributed by atoms with Crippen molar-refractivity contribution < 1.29 is 4.79 Å². The number of carbonyl (C=O) groups excluding carboxylic acids is 1. The molecule has 0 aliphatic rings. The third-order valence-electron chi connectivity index (χ3n) is 3.33. The average Bonchev–Trinajstić information content (AvgIpc) is 2.54. The molecular formula is C16H10Cl3N3O2. The Kier molecular flexibility index (Phi) is 4.76. The molecule has 2 aromatic carbocycles. The largest absolute Gasteiger partial charge is 0.322 e. The summed E-state index contributed by atoms with van der Waals surface area (Å²) in [4.78, 5) is 24.1. The molecule has 0 aliphatic heterocycles. The Morgan fingerprint density at radius 1 is 1.12 bits per heavy atom. The van der Waals surface area contributed by atoms with E-state index in [0.717, 1.165) is 0 Å². The molecule has 0 saturated carbocycles. The summed E-state index contributed by atoms with van der Waals surface area (Å²) < 4.78 is 1.43. The van der Waals surface area contributed by atoms with Crippen molar-refractivity contribution in [1.29, 1.82) is 0 Å². The normalized spacial score (nSPS) is 10.8. The highest BCUT2D eigenvalue weighted by Gasteiger charge is 2.13. The van der Waals surface area contributed by atoms with Crippen LogP contribution >= 0.6 is 34.8 Å². The molecule has 0 radical (unpaired) electrons. The predicted octanol–water partition coefficient (Wildman–Crippen LogP) is 4.00. The van der Waals surface area contributed by atoms with Crippen LogP contribution < -0.4 is 10.7 Å². The Morgan fingerprint density at radius 2 is 1.79 bits per heavy atom. The maximum absolute atomic E-state index is 12.3. The first-order valence-electron chi connectivity index (χ1n) is 6.85. The van der Waals surface area contributed by atoms with Crippen LogP contribution in [0.3, 0.4) is 0 Å². The number of hydrogen-bond acceptors (Lipinski definition) is 3. The zero-order valence-corrected chi connectivity index (χ0v) is 14.4. The van der Waals surface area contributed by atoms with Crippen LogP contribution in [0.4, 0.5) is 5.69 Å². The Bertz CT molecular complexity index is 978. The maximum atomic E-state index is 12.3. The van der Waals surface area contributed by atoms with Crippen LogP contribution in [0, 0.1) is 0 Å². The fraction of sp³-hybridized carbons (Fsp3) is 0.0625. The molecule has 122 valence electrons. The molecule has 0 fully saturated rings. The third-order valence-corrected chi connectivity index (χ3v) is 4.14. The molecule has 5 nitrogen and oxygen atoms in total. The van der Waals surface area contributed by atoms with Gasteiger partial charge < -0.3 is 5.32 Å². The first kappa shape index (κ1) is 16.8. The van der Waals surface area contributed by atoms with Gasteiger partial charge in [0.15, 0.2) is 0 Å². The van der Waals surface area contributed by atoms with Crippen LogP contribution in [0.25, 0.3) is 10.9 Å². The number of hydrogen-bond donors (Lipinski definition) is 1. The minimum atomic E-state index is -0.387. The van der Waals surface area contributed by atoms with Gasteiger partial charge in [0, 0.05) is 10.4 Å². The van der Waals surface area contributed by atoms with E-state index in [1.165, 1.54) is 23.0 Å². The highest BCUT2D eigenvalue weighted by Crippen LogP contribution is 2.33. The van der Waals surface area contributed by atoms with Crippen LogP contribution in [0.15, 0.2) is 47.4 Å². The monoisotopic (exact) mass is 381 g/mol. The molecule has 0 spiro atoms. The molecule has 24 heavy (non-hydrogen) atoms. The van der Waals surface area contributed by atoms with Gasteiger partial charge in [-0.2, -0.15) is 5.10 Å². The van der Waals surface area contributed by atoms with E-state index in [-0.39, 0.29) is 33.6 Å². The maximum Gasteiger partial charge on any atom is 0.246 e. The number of halogens is 3. The van der Waals surface area contributed by atoms with Gasteiger partial charge in [0.1, 0.15) is 6.54 Å². The van der Waals surface area contributed by atoms with Gasteiger partial charge in [-0.05, 0) is 24.3 Å². The first-order valence-corrected chi connectivity index (χ1v) is 7.98. The van der Waals surface area contributed by atoms with Gasteiger partial charge in [0.05, 0.1) is 27.4 Å². The number of para-hydroxylation sites is 1. The van der Waals surface area contributed by atoms with Crippen molar-refractivity contribution in [2.75, 3.05) is 5.32 Å². The molecule has 1 N–H and O–H groups in total. The highest BCUT2D eigenvalue weighted by atomic mass is 35.5. The smallest absolute Gasteiger partial charge is 0.246 e. The van der Waals surface area contributed by atoms with Crippen molar-refractivity contribution >= 4 is 57.3 Å². The van der Waals surface area contributed by atoms with Crippen molar-refractivity contribution in [1.82, 2.24) is 9.78 Å². The van der Waals surface area contributed by atoms with Crippen LogP contribution in [-0.2, 0) is 11.3 Å². The lowest BCUT2D eigenvalue weighted by atomic mass is 10.2. The topological polar surface area (TPSA) is 64.0 Å². The van der Waals surface area contributed by atoms with Crippen LogP contribution in [0.1, 0.15) is 0 Å². The van der Waals surface area contributed by atoms with Gasteiger partial charge >= 0.3 is 0 Å². The SMILES string of the molecule is O=C(Cn1ncc(=O)c2ccccc21)Nc1c(Cl)cc(Cl)cc1Cl. The zero-order chi connectivity index (χ0) is 17.3. The summed E-state index contributed by atoms with van der Waals surface area (Å²) in [6, 6.07) is 9.89. The molecule has 0 aliphatic carbocycles. The summed E-state index contributed by atoms with van der Waals surface area (Å²) in [6.07, 6.45) is 1.18. The Morgan fingerprint density at radius 3 is 2.50 bits per heavy atom. The lowest BCUT2D eigenvalue weighted by molar-refractivity contribution is -0.116. The minimum absolute atomic E-state index is 0.101. The molecule has 0 saturated heterocycles. The quantitative estimate of drug-likeness (QED) is 0.745. The summed E-state index contributed by atoms with van der Waals surface area (Å²) in [5.41, 5.74) is 0.637. The Labute approximate surface area is 151 Å². The molecule has 3 rings (SSSR count). The van der Waals surface area contributed by atoms with E-state index in [1.54, 1.807) is 24.3 Å².